The minimum Gasteiger partial charge on any atom is -0.339 e. The summed E-state index contributed by atoms with van der Waals surface area (Å²) in [6.45, 7) is 1.27. The number of hydrogen-bond donors (Lipinski definition) is 0. The van der Waals surface area contributed by atoms with Crippen molar-refractivity contribution in [1.82, 2.24) is 19.7 Å². The molecule has 0 spiro atoms. The highest BCUT2D eigenvalue weighted by Gasteiger charge is 2.37. The number of carbonyl (C=O) groups excluding carboxylic acids is 1. The van der Waals surface area contributed by atoms with Crippen LogP contribution in [-0.2, 0) is 17.1 Å². The Balaban J connectivity index is 1.90. The van der Waals surface area contributed by atoms with Gasteiger partial charge in [0, 0.05) is 30.9 Å². The van der Waals surface area contributed by atoms with Crippen LogP contribution in [0, 0.1) is 0 Å². The lowest BCUT2D eigenvalue weighted by molar-refractivity contribution is -0.143. The van der Waals surface area contributed by atoms with E-state index in [1.54, 1.807) is 4.90 Å². The second-order valence-corrected chi connectivity index (χ2v) is 5.84. The van der Waals surface area contributed by atoms with Crippen molar-refractivity contribution in [2.45, 2.75) is 18.8 Å². The molecule has 1 aliphatic rings. The molecular formula is C16H12F6N4O. The predicted octanol–water partition coefficient (Wildman–Crippen LogP) is 3.69. The van der Waals surface area contributed by atoms with E-state index in [9.17, 15) is 31.1 Å². The average Bonchev–Trinajstić information content (AvgIpc) is 2.98. The molecule has 0 bridgehead atoms. The van der Waals surface area contributed by atoms with Gasteiger partial charge in [0.05, 0.1) is 11.1 Å². The van der Waals surface area contributed by atoms with Crippen LogP contribution >= 0.6 is 0 Å². The first-order valence-electron chi connectivity index (χ1n) is 7.72. The van der Waals surface area contributed by atoms with Crippen molar-refractivity contribution in [3.05, 3.63) is 41.7 Å². The van der Waals surface area contributed by atoms with Gasteiger partial charge < -0.3 is 4.90 Å². The van der Waals surface area contributed by atoms with E-state index in [-0.39, 0.29) is 17.8 Å². The molecule has 1 aliphatic heterocycles. The van der Waals surface area contributed by atoms with Crippen LogP contribution in [0.5, 0.6) is 0 Å². The maximum atomic E-state index is 12.9. The van der Waals surface area contributed by atoms with Crippen molar-refractivity contribution in [2.75, 3.05) is 13.1 Å². The van der Waals surface area contributed by atoms with Gasteiger partial charge in [-0.25, -0.2) is 9.67 Å². The molecule has 27 heavy (non-hydrogen) atoms. The van der Waals surface area contributed by atoms with E-state index < -0.39 is 29.0 Å². The maximum Gasteiger partial charge on any atom is 0.416 e. The van der Waals surface area contributed by atoms with Crippen LogP contribution in [0.3, 0.4) is 0 Å². The number of amides is 1. The molecule has 1 amide bonds. The molecular weight excluding hydrogens is 378 g/mol. The fraction of sp³-hybridized carbons (Fsp3) is 0.312. The first-order chi connectivity index (χ1) is 12.5. The Bertz CT molecular complexity index is 848. The molecule has 0 atom stereocenters. The Labute approximate surface area is 148 Å². The van der Waals surface area contributed by atoms with E-state index in [0.717, 1.165) is 17.4 Å². The largest absolute Gasteiger partial charge is 0.416 e. The van der Waals surface area contributed by atoms with Crippen LogP contribution < -0.4 is 0 Å². The Hall–Kier alpha value is -2.85. The van der Waals surface area contributed by atoms with Gasteiger partial charge >= 0.3 is 12.4 Å². The lowest BCUT2D eigenvalue weighted by atomic mass is 10.0. The van der Waals surface area contributed by atoms with E-state index in [0.29, 0.717) is 25.2 Å². The second-order valence-electron chi connectivity index (χ2n) is 5.84. The van der Waals surface area contributed by atoms with E-state index in [1.807, 2.05) is 0 Å². The van der Waals surface area contributed by atoms with E-state index in [2.05, 4.69) is 10.1 Å². The molecule has 2 aromatic rings. The zero-order valence-corrected chi connectivity index (χ0v) is 13.6. The third kappa shape index (κ3) is 4.29. The topological polar surface area (TPSA) is 51.0 Å². The molecule has 1 aromatic carbocycles. The molecule has 3 rings (SSSR count). The van der Waals surface area contributed by atoms with Gasteiger partial charge in [0.15, 0.2) is 5.82 Å². The van der Waals surface area contributed by atoms with Crippen molar-refractivity contribution < 1.29 is 31.1 Å². The fourth-order valence-corrected chi connectivity index (χ4v) is 2.35. The van der Waals surface area contributed by atoms with Crippen LogP contribution in [-0.4, -0.2) is 38.7 Å². The Morgan fingerprint density at radius 3 is 2.07 bits per heavy atom. The zero-order chi connectivity index (χ0) is 19.8. The van der Waals surface area contributed by atoms with Crippen molar-refractivity contribution >= 4 is 12.1 Å². The second kappa shape index (κ2) is 6.71. The number of likely N-dealkylation sites (tertiary alicyclic amines) is 1. The number of carbonyl (C=O) groups is 1. The Morgan fingerprint density at radius 2 is 1.59 bits per heavy atom. The molecule has 1 aromatic heterocycles. The first-order valence-corrected chi connectivity index (χ1v) is 7.72. The minimum atomic E-state index is -4.96. The highest BCUT2D eigenvalue weighted by Crippen LogP contribution is 2.38. The van der Waals surface area contributed by atoms with E-state index in [1.165, 1.54) is 12.3 Å². The minimum absolute atomic E-state index is 0.0339. The van der Waals surface area contributed by atoms with Crippen molar-refractivity contribution in [2.24, 2.45) is 0 Å². The number of rotatable bonds is 3. The summed E-state index contributed by atoms with van der Waals surface area (Å²) in [5.41, 5.74) is -3.34. The summed E-state index contributed by atoms with van der Waals surface area (Å²) in [6.07, 6.45) is -5.49. The molecule has 2 heterocycles. The zero-order valence-electron chi connectivity index (χ0n) is 13.6. The Morgan fingerprint density at radius 1 is 1.00 bits per heavy atom. The molecule has 0 N–H and O–H groups in total. The number of halogens is 6. The SMILES string of the molecule is O=C(C=Cn1cnc(-c2cc(C(F)(F)F)cc(C(F)(F)F)c2)n1)N1CCC1. The molecule has 0 unspecified atom stereocenters. The Kier molecular flexibility index (Phi) is 4.70. The van der Waals surface area contributed by atoms with Crippen LogP contribution in [0.2, 0.25) is 0 Å². The highest BCUT2D eigenvalue weighted by atomic mass is 19.4. The summed E-state index contributed by atoms with van der Waals surface area (Å²) in [7, 11) is 0. The summed E-state index contributed by atoms with van der Waals surface area (Å²) in [5.74, 6) is -0.593. The van der Waals surface area contributed by atoms with Gasteiger partial charge in [-0.3, -0.25) is 4.79 Å². The monoisotopic (exact) mass is 390 g/mol. The van der Waals surface area contributed by atoms with Gasteiger partial charge in [-0.05, 0) is 24.6 Å². The number of aromatic nitrogens is 3. The highest BCUT2D eigenvalue weighted by molar-refractivity contribution is 5.90. The van der Waals surface area contributed by atoms with Crippen LogP contribution in [0.1, 0.15) is 17.5 Å². The summed E-state index contributed by atoms with van der Waals surface area (Å²) >= 11 is 0. The quantitative estimate of drug-likeness (QED) is 0.594. The standard InChI is InChI=1S/C16H12F6N4O/c17-15(18,19)11-6-10(7-12(8-11)16(20,21)22)14-23-9-26(24-14)5-2-13(27)25-3-1-4-25/h2,5-9H,1,3-4H2. The van der Waals surface area contributed by atoms with Gasteiger partial charge in [0.2, 0.25) is 5.91 Å². The summed E-state index contributed by atoms with van der Waals surface area (Å²) in [5, 5.41) is 3.82. The lowest BCUT2D eigenvalue weighted by Gasteiger charge is -2.29. The summed E-state index contributed by atoms with van der Waals surface area (Å²) in [4.78, 5) is 17.0. The number of hydrogen-bond acceptors (Lipinski definition) is 3. The molecule has 5 nitrogen and oxygen atoms in total. The fourth-order valence-electron chi connectivity index (χ4n) is 2.35. The smallest absolute Gasteiger partial charge is 0.339 e. The van der Waals surface area contributed by atoms with Crippen molar-refractivity contribution in [3.8, 4) is 11.4 Å². The average molecular weight is 390 g/mol. The molecule has 0 aliphatic carbocycles. The summed E-state index contributed by atoms with van der Waals surface area (Å²) < 4.78 is 78.5. The van der Waals surface area contributed by atoms with Crippen LogP contribution in [0.25, 0.3) is 17.6 Å². The van der Waals surface area contributed by atoms with Gasteiger partial charge in [-0.1, -0.05) is 0 Å². The normalized spacial score (nSPS) is 15.3. The van der Waals surface area contributed by atoms with Gasteiger partial charge in [-0.2, -0.15) is 26.3 Å². The van der Waals surface area contributed by atoms with Crippen molar-refractivity contribution in [1.29, 1.82) is 0 Å². The molecule has 0 saturated carbocycles. The van der Waals surface area contributed by atoms with Crippen molar-refractivity contribution in [3.63, 3.8) is 0 Å². The molecule has 1 saturated heterocycles. The molecule has 11 heteroatoms. The van der Waals surface area contributed by atoms with Crippen LogP contribution in [0.4, 0.5) is 26.3 Å². The third-order valence-corrected chi connectivity index (χ3v) is 3.89. The molecule has 1 fully saturated rings. The number of alkyl halides is 6. The summed E-state index contributed by atoms with van der Waals surface area (Å²) in [6, 6.07) is 1.12. The number of benzene rings is 1. The first kappa shape index (κ1) is 18.9. The third-order valence-electron chi connectivity index (χ3n) is 3.89. The molecule has 144 valence electrons. The van der Waals surface area contributed by atoms with Gasteiger partial charge in [0.25, 0.3) is 0 Å². The predicted molar refractivity (Wildman–Crippen MR) is 82.0 cm³/mol. The maximum absolute atomic E-state index is 12.9. The molecule has 0 radical (unpaired) electrons. The van der Waals surface area contributed by atoms with E-state index in [4.69, 9.17) is 0 Å². The van der Waals surface area contributed by atoms with Gasteiger partial charge in [-0.15, -0.1) is 5.10 Å². The number of nitrogens with zero attached hydrogens (tertiary/aromatic N) is 4. The lowest BCUT2D eigenvalue weighted by Crippen LogP contribution is -2.41. The van der Waals surface area contributed by atoms with Gasteiger partial charge in [0.1, 0.15) is 6.33 Å². The van der Waals surface area contributed by atoms with E-state index >= 15 is 0 Å². The van der Waals surface area contributed by atoms with Crippen LogP contribution in [0.15, 0.2) is 30.6 Å².